The number of carbonyl (C=O) groups excluding carboxylic acids is 1. The Hall–Kier alpha value is -2.49. The first kappa shape index (κ1) is 25.6. The number of aryl methyl sites for hydroxylation is 1. The molecule has 1 aliphatic heterocycles. The monoisotopic (exact) mass is 618 g/mol. The van der Waals surface area contributed by atoms with E-state index in [4.69, 9.17) is 9.47 Å². The second kappa shape index (κ2) is 10.2. The third-order valence-corrected chi connectivity index (χ3v) is 7.89. The van der Waals surface area contributed by atoms with E-state index in [1.165, 1.54) is 11.3 Å². The van der Waals surface area contributed by atoms with Crippen molar-refractivity contribution in [2.45, 2.75) is 39.8 Å². The normalized spacial score (nSPS) is 15.8. The van der Waals surface area contributed by atoms with Gasteiger partial charge in [0.15, 0.2) is 4.80 Å². The summed E-state index contributed by atoms with van der Waals surface area (Å²) in [5.41, 5.74) is 3.24. The van der Waals surface area contributed by atoms with Crippen LogP contribution < -0.4 is 19.6 Å². The summed E-state index contributed by atoms with van der Waals surface area (Å²) < 4.78 is 15.0. The fourth-order valence-corrected chi connectivity index (χ4v) is 5.75. The molecule has 6 nitrogen and oxygen atoms in total. The van der Waals surface area contributed by atoms with Gasteiger partial charge in [0.1, 0.15) is 11.8 Å². The van der Waals surface area contributed by atoms with E-state index in [0.29, 0.717) is 31.9 Å². The molecule has 0 fully saturated rings. The number of nitrogens with zero attached hydrogens (tertiary/aromatic N) is 2. The quantitative estimate of drug-likeness (QED) is 0.376. The van der Waals surface area contributed by atoms with Gasteiger partial charge < -0.3 is 9.47 Å². The summed E-state index contributed by atoms with van der Waals surface area (Å²) in [5.74, 6) is 0.0461. The number of hydrogen-bond acceptors (Lipinski definition) is 6. The standard InChI is InChI=1S/C26H24Br2N2O4S/c1-13(2)34-25(32)22-15(4)29-26-30(23(22)18-12-17(27)8-9-20(18)33-5)24(31)21(35-26)11-16-7-6-14(3)19(28)10-16/h6-13,23H,1-5H3/b21-11-/t23-/m0/s1. The lowest BCUT2D eigenvalue weighted by Gasteiger charge is -2.26. The number of esters is 1. The third kappa shape index (κ3) is 5.08. The summed E-state index contributed by atoms with van der Waals surface area (Å²) in [6.07, 6.45) is 1.52. The van der Waals surface area contributed by atoms with Gasteiger partial charge in [-0.3, -0.25) is 9.36 Å². The molecule has 0 spiro atoms. The van der Waals surface area contributed by atoms with Gasteiger partial charge in [-0.25, -0.2) is 9.79 Å². The van der Waals surface area contributed by atoms with Crippen LogP contribution in [0.4, 0.5) is 0 Å². The molecule has 1 aromatic heterocycles. The lowest BCUT2D eigenvalue weighted by molar-refractivity contribution is -0.143. The van der Waals surface area contributed by atoms with Crippen molar-refractivity contribution in [3.05, 3.63) is 93.0 Å². The molecule has 4 rings (SSSR count). The molecule has 2 aromatic carbocycles. The Balaban J connectivity index is 2.00. The SMILES string of the molecule is COc1ccc(Br)cc1[C@H]1C(C(=O)OC(C)C)=C(C)N=c2s/c(=C\c3ccc(C)c(Br)c3)c(=O)n21. The third-order valence-electron chi connectivity index (χ3n) is 5.56. The average Bonchev–Trinajstić information content (AvgIpc) is 3.09. The molecule has 1 aliphatic rings. The zero-order valence-corrected chi connectivity index (χ0v) is 23.9. The number of hydrogen-bond donors (Lipinski definition) is 0. The molecule has 1 atom stereocenters. The molecule has 3 aromatic rings. The minimum atomic E-state index is -0.753. The highest BCUT2D eigenvalue weighted by atomic mass is 79.9. The van der Waals surface area contributed by atoms with Crippen LogP contribution in [0.2, 0.25) is 0 Å². The maximum Gasteiger partial charge on any atom is 0.338 e. The van der Waals surface area contributed by atoms with Crippen molar-refractivity contribution in [1.82, 2.24) is 4.57 Å². The van der Waals surface area contributed by atoms with Crippen molar-refractivity contribution in [2.75, 3.05) is 7.11 Å². The van der Waals surface area contributed by atoms with Crippen molar-refractivity contribution in [3.8, 4) is 5.75 Å². The maximum atomic E-state index is 13.8. The second-order valence-electron chi connectivity index (χ2n) is 8.43. The molecule has 0 N–H and O–H groups in total. The first-order valence-corrected chi connectivity index (χ1v) is 13.3. The molecule has 0 amide bonds. The van der Waals surface area contributed by atoms with Crippen molar-refractivity contribution in [1.29, 1.82) is 0 Å². The average molecular weight is 620 g/mol. The van der Waals surface area contributed by atoms with E-state index < -0.39 is 12.0 Å². The largest absolute Gasteiger partial charge is 0.496 e. The van der Waals surface area contributed by atoms with E-state index in [2.05, 4.69) is 36.9 Å². The van der Waals surface area contributed by atoms with Gasteiger partial charge in [0.25, 0.3) is 5.56 Å². The first-order valence-electron chi connectivity index (χ1n) is 10.9. The van der Waals surface area contributed by atoms with Crippen LogP contribution in [0, 0.1) is 6.92 Å². The molecule has 2 heterocycles. The maximum absolute atomic E-state index is 13.8. The van der Waals surface area contributed by atoms with Crippen molar-refractivity contribution in [3.63, 3.8) is 0 Å². The predicted octanol–water partition coefficient (Wildman–Crippen LogP) is 5.03. The van der Waals surface area contributed by atoms with Crippen LogP contribution in [0.25, 0.3) is 6.08 Å². The van der Waals surface area contributed by atoms with Crippen LogP contribution in [-0.2, 0) is 9.53 Å². The molecule has 0 aliphatic carbocycles. The highest BCUT2D eigenvalue weighted by molar-refractivity contribution is 9.10. The summed E-state index contributed by atoms with van der Waals surface area (Å²) in [6.45, 7) is 7.35. The molecule has 9 heteroatoms. The summed E-state index contributed by atoms with van der Waals surface area (Å²) in [7, 11) is 1.56. The molecule has 0 radical (unpaired) electrons. The van der Waals surface area contributed by atoms with Crippen LogP contribution in [0.1, 0.15) is 43.5 Å². The van der Waals surface area contributed by atoms with Gasteiger partial charge in [-0.05, 0) is 69.2 Å². The van der Waals surface area contributed by atoms with Crippen molar-refractivity contribution >= 4 is 55.2 Å². The van der Waals surface area contributed by atoms with Gasteiger partial charge in [-0.15, -0.1) is 0 Å². The molecule has 0 unspecified atom stereocenters. The molecule has 0 saturated carbocycles. The topological polar surface area (TPSA) is 69.9 Å². The number of carbonyl (C=O) groups is 1. The molecule has 35 heavy (non-hydrogen) atoms. The minimum Gasteiger partial charge on any atom is -0.496 e. The number of ether oxygens (including phenoxy) is 2. The van der Waals surface area contributed by atoms with E-state index in [9.17, 15) is 9.59 Å². The Labute approximate surface area is 223 Å². The second-order valence-corrected chi connectivity index (χ2v) is 11.2. The molecule has 182 valence electrons. The fraction of sp³-hybridized carbons (Fsp3) is 0.269. The Bertz CT molecular complexity index is 1540. The minimum absolute atomic E-state index is 0.236. The number of benzene rings is 2. The number of aromatic nitrogens is 1. The lowest BCUT2D eigenvalue weighted by atomic mass is 9.95. The van der Waals surface area contributed by atoms with Gasteiger partial charge in [-0.1, -0.05) is 55.3 Å². The van der Waals surface area contributed by atoms with Gasteiger partial charge in [0.2, 0.25) is 0 Å². The highest BCUT2D eigenvalue weighted by Gasteiger charge is 2.35. The van der Waals surface area contributed by atoms with Gasteiger partial charge in [0, 0.05) is 14.5 Å². The fourth-order valence-electron chi connectivity index (χ4n) is 3.92. The van der Waals surface area contributed by atoms with Crippen LogP contribution in [0.15, 0.2) is 66.4 Å². The van der Waals surface area contributed by atoms with E-state index in [1.54, 1.807) is 38.5 Å². The van der Waals surface area contributed by atoms with Gasteiger partial charge in [-0.2, -0.15) is 0 Å². The number of rotatable bonds is 5. The smallest absolute Gasteiger partial charge is 0.338 e. The summed E-state index contributed by atoms with van der Waals surface area (Å²) in [6, 6.07) is 10.7. The van der Waals surface area contributed by atoms with E-state index in [0.717, 1.165) is 20.1 Å². The zero-order valence-electron chi connectivity index (χ0n) is 19.9. The Morgan fingerprint density at radius 2 is 1.91 bits per heavy atom. The van der Waals surface area contributed by atoms with E-state index in [-0.39, 0.29) is 11.7 Å². The number of fused-ring (bicyclic) bond motifs is 1. The Kier molecular flexibility index (Phi) is 7.49. The Morgan fingerprint density at radius 1 is 1.17 bits per heavy atom. The summed E-state index contributed by atoms with van der Waals surface area (Å²) in [4.78, 5) is 32.2. The van der Waals surface area contributed by atoms with Gasteiger partial charge in [0.05, 0.1) is 29.0 Å². The van der Waals surface area contributed by atoms with E-state index >= 15 is 0 Å². The van der Waals surface area contributed by atoms with Gasteiger partial charge >= 0.3 is 5.97 Å². The highest BCUT2D eigenvalue weighted by Crippen LogP contribution is 2.37. The van der Waals surface area contributed by atoms with Crippen molar-refractivity contribution < 1.29 is 14.3 Å². The van der Waals surface area contributed by atoms with Crippen LogP contribution in [0.3, 0.4) is 0 Å². The van der Waals surface area contributed by atoms with Crippen LogP contribution in [-0.4, -0.2) is 23.8 Å². The number of thiazole rings is 1. The summed E-state index contributed by atoms with van der Waals surface area (Å²) in [5, 5.41) is 0. The predicted molar refractivity (Wildman–Crippen MR) is 145 cm³/mol. The zero-order chi connectivity index (χ0) is 25.4. The van der Waals surface area contributed by atoms with Crippen LogP contribution >= 0.6 is 43.2 Å². The Morgan fingerprint density at radius 3 is 2.57 bits per heavy atom. The number of halogens is 2. The van der Waals surface area contributed by atoms with Crippen molar-refractivity contribution in [2.24, 2.45) is 4.99 Å². The molecular formula is C26H24Br2N2O4S. The molecular weight excluding hydrogens is 596 g/mol. The first-order chi connectivity index (χ1) is 16.6. The molecule has 0 bridgehead atoms. The number of methoxy groups -OCH3 is 1. The van der Waals surface area contributed by atoms with E-state index in [1.807, 2.05) is 43.3 Å². The van der Waals surface area contributed by atoms with Crippen LogP contribution in [0.5, 0.6) is 5.75 Å². The summed E-state index contributed by atoms with van der Waals surface area (Å²) >= 11 is 8.36. The molecule has 0 saturated heterocycles. The lowest BCUT2D eigenvalue weighted by Crippen LogP contribution is -2.40. The number of allylic oxidation sites excluding steroid dienone is 1.